The van der Waals surface area contributed by atoms with Gasteiger partial charge in [0.15, 0.2) is 6.61 Å². The summed E-state index contributed by atoms with van der Waals surface area (Å²) in [5.74, 6) is 1.25. The highest BCUT2D eigenvalue weighted by Gasteiger charge is 2.12. The lowest BCUT2D eigenvalue weighted by molar-refractivity contribution is -0.142. The van der Waals surface area contributed by atoms with Gasteiger partial charge < -0.3 is 14.0 Å². The van der Waals surface area contributed by atoms with Crippen molar-refractivity contribution in [1.82, 2.24) is 10.1 Å². The Morgan fingerprint density at radius 2 is 2.00 bits per heavy atom. The van der Waals surface area contributed by atoms with Gasteiger partial charge in [0.05, 0.1) is 12.9 Å². The maximum atomic E-state index is 11.8. The molecule has 0 unspecified atom stereocenters. The minimum Gasteiger partial charge on any atom is -0.497 e. The highest BCUT2D eigenvalue weighted by atomic mass is 32.2. The van der Waals surface area contributed by atoms with E-state index in [4.69, 9.17) is 14.0 Å². The normalized spacial score (nSPS) is 10.4. The summed E-state index contributed by atoms with van der Waals surface area (Å²) in [5.41, 5.74) is 0.764. The smallest absolute Gasteiger partial charge is 0.316 e. The third-order valence-electron chi connectivity index (χ3n) is 3.25. The standard InChI is InChI=1S/C18H16N2O4S/c1-22-14-7-5-6-13(10-14)18-19-16(24-20-18)11-23-17(21)12-25-15-8-3-2-4-9-15/h2-10H,11-12H2,1H3. The van der Waals surface area contributed by atoms with Crippen molar-refractivity contribution in [2.24, 2.45) is 0 Å². The Hall–Kier alpha value is -2.80. The number of esters is 1. The van der Waals surface area contributed by atoms with E-state index in [2.05, 4.69) is 10.1 Å². The molecule has 3 rings (SSSR count). The number of hydrogen-bond acceptors (Lipinski definition) is 7. The van der Waals surface area contributed by atoms with Gasteiger partial charge in [-0.05, 0) is 24.3 Å². The first-order valence-electron chi connectivity index (χ1n) is 7.55. The van der Waals surface area contributed by atoms with Crippen LogP contribution in [0.1, 0.15) is 5.89 Å². The monoisotopic (exact) mass is 356 g/mol. The molecule has 0 N–H and O–H groups in total. The van der Waals surface area contributed by atoms with Gasteiger partial charge in [0.25, 0.3) is 5.89 Å². The van der Waals surface area contributed by atoms with E-state index in [-0.39, 0.29) is 24.2 Å². The highest BCUT2D eigenvalue weighted by molar-refractivity contribution is 8.00. The molecule has 6 nitrogen and oxygen atoms in total. The van der Waals surface area contributed by atoms with E-state index in [0.29, 0.717) is 11.6 Å². The third-order valence-corrected chi connectivity index (χ3v) is 4.24. The van der Waals surface area contributed by atoms with Crippen molar-refractivity contribution in [2.75, 3.05) is 12.9 Å². The molecule has 0 bridgehead atoms. The molecular formula is C18H16N2O4S. The molecule has 3 aromatic rings. The summed E-state index contributed by atoms with van der Waals surface area (Å²) in [6.07, 6.45) is 0. The second kappa shape index (κ2) is 8.34. The second-order valence-electron chi connectivity index (χ2n) is 5.01. The van der Waals surface area contributed by atoms with Gasteiger partial charge in [0.1, 0.15) is 5.75 Å². The van der Waals surface area contributed by atoms with Crippen LogP contribution in [-0.4, -0.2) is 29.0 Å². The largest absolute Gasteiger partial charge is 0.497 e. The molecule has 25 heavy (non-hydrogen) atoms. The summed E-state index contributed by atoms with van der Waals surface area (Å²) < 4.78 is 15.5. The van der Waals surface area contributed by atoms with Crippen LogP contribution in [0.5, 0.6) is 5.75 Å². The van der Waals surface area contributed by atoms with Gasteiger partial charge in [0, 0.05) is 10.5 Å². The number of rotatable bonds is 7. The second-order valence-corrected chi connectivity index (χ2v) is 6.05. The highest BCUT2D eigenvalue weighted by Crippen LogP contribution is 2.21. The molecule has 7 heteroatoms. The SMILES string of the molecule is COc1cccc(-c2noc(COC(=O)CSc3ccccc3)n2)c1. The summed E-state index contributed by atoms with van der Waals surface area (Å²) >= 11 is 1.41. The van der Waals surface area contributed by atoms with Gasteiger partial charge in [-0.3, -0.25) is 4.79 Å². The number of carbonyl (C=O) groups is 1. The number of ether oxygens (including phenoxy) is 2. The zero-order valence-corrected chi connectivity index (χ0v) is 14.4. The number of aromatic nitrogens is 2. The predicted molar refractivity (Wildman–Crippen MR) is 93.2 cm³/mol. The number of methoxy groups -OCH3 is 1. The molecule has 2 aromatic carbocycles. The van der Waals surface area contributed by atoms with Crippen LogP contribution in [0.2, 0.25) is 0 Å². The van der Waals surface area contributed by atoms with Gasteiger partial charge in [-0.25, -0.2) is 0 Å². The topological polar surface area (TPSA) is 74.5 Å². The first-order chi connectivity index (χ1) is 12.2. The fraction of sp³-hybridized carbons (Fsp3) is 0.167. The van der Waals surface area contributed by atoms with Crippen molar-refractivity contribution in [2.45, 2.75) is 11.5 Å². The maximum Gasteiger partial charge on any atom is 0.316 e. The average Bonchev–Trinajstić information content (AvgIpc) is 3.15. The van der Waals surface area contributed by atoms with E-state index in [1.54, 1.807) is 13.2 Å². The molecule has 0 aliphatic heterocycles. The molecule has 128 valence electrons. The summed E-state index contributed by atoms with van der Waals surface area (Å²) in [5, 5.41) is 3.90. The van der Waals surface area contributed by atoms with Gasteiger partial charge in [-0.2, -0.15) is 4.98 Å². The first-order valence-corrected chi connectivity index (χ1v) is 8.53. The minimum absolute atomic E-state index is 0.0504. The molecule has 0 radical (unpaired) electrons. The van der Waals surface area contributed by atoms with Gasteiger partial charge in [0.2, 0.25) is 5.82 Å². The summed E-state index contributed by atoms with van der Waals surface area (Å²) in [6, 6.07) is 17.0. The molecule has 0 atom stereocenters. The van der Waals surface area contributed by atoms with Gasteiger partial charge in [-0.15, -0.1) is 11.8 Å². The summed E-state index contributed by atoms with van der Waals surface area (Å²) in [6.45, 7) is -0.0504. The Morgan fingerprint density at radius 1 is 1.16 bits per heavy atom. The molecule has 0 saturated heterocycles. The van der Waals surface area contributed by atoms with E-state index >= 15 is 0 Å². The maximum absolute atomic E-state index is 11.8. The zero-order valence-electron chi connectivity index (χ0n) is 13.5. The Kier molecular flexibility index (Phi) is 5.69. The summed E-state index contributed by atoms with van der Waals surface area (Å²) in [7, 11) is 1.59. The molecule has 0 aliphatic carbocycles. The minimum atomic E-state index is -0.338. The quantitative estimate of drug-likeness (QED) is 0.473. The van der Waals surface area contributed by atoms with Crippen LogP contribution in [0.4, 0.5) is 0 Å². The first kappa shape index (κ1) is 17.0. The molecular weight excluding hydrogens is 340 g/mol. The van der Waals surface area contributed by atoms with Crippen LogP contribution in [0, 0.1) is 0 Å². The summed E-state index contributed by atoms with van der Waals surface area (Å²) in [4.78, 5) is 17.0. The third kappa shape index (κ3) is 4.84. The number of hydrogen-bond donors (Lipinski definition) is 0. The Bertz CT molecular complexity index is 836. The van der Waals surface area contributed by atoms with Crippen molar-refractivity contribution in [3.05, 3.63) is 60.5 Å². The zero-order chi connectivity index (χ0) is 17.5. The van der Waals surface area contributed by atoms with Crippen molar-refractivity contribution in [3.8, 4) is 17.1 Å². The predicted octanol–water partition coefficient (Wildman–Crippen LogP) is 3.58. The Morgan fingerprint density at radius 3 is 2.80 bits per heavy atom. The van der Waals surface area contributed by atoms with Crippen molar-refractivity contribution >= 4 is 17.7 Å². The van der Waals surface area contributed by atoms with Crippen LogP contribution in [0.15, 0.2) is 64.0 Å². The molecule has 0 aliphatic rings. The lowest BCUT2D eigenvalue weighted by Crippen LogP contribution is -2.07. The van der Waals surface area contributed by atoms with Crippen molar-refractivity contribution in [3.63, 3.8) is 0 Å². The van der Waals surface area contributed by atoms with Crippen LogP contribution < -0.4 is 4.74 Å². The Balaban J connectivity index is 1.52. The fourth-order valence-electron chi connectivity index (χ4n) is 2.04. The average molecular weight is 356 g/mol. The van der Waals surface area contributed by atoms with Gasteiger partial charge >= 0.3 is 5.97 Å². The van der Waals surface area contributed by atoms with E-state index < -0.39 is 0 Å². The number of benzene rings is 2. The van der Waals surface area contributed by atoms with Crippen LogP contribution in [-0.2, 0) is 16.1 Å². The lowest BCUT2D eigenvalue weighted by Gasteiger charge is -2.02. The van der Waals surface area contributed by atoms with E-state index in [1.807, 2.05) is 48.5 Å². The van der Waals surface area contributed by atoms with Crippen molar-refractivity contribution < 1.29 is 18.8 Å². The van der Waals surface area contributed by atoms with Gasteiger partial charge in [-0.1, -0.05) is 35.5 Å². The van der Waals surface area contributed by atoms with Crippen LogP contribution in [0.25, 0.3) is 11.4 Å². The lowest BCUT2D eigenvalue weighted by atomic mass is 10.2. The fourth-order valence-corrected chi connectivity index (χ4v) is 2.75. The van der Waals surface area contributed by atoms with Crippen LogP contribution in [0.3, 0.4) is 0 Å². The molecule has 0 amide bonds. The number of thioether (sulfide) groups is 1. The number of carbonyl (C=O) groups excluding carboxylic acids is 1. The molecule has 1 heterocycles. The molecule has 0 saturated carbocycles. The molecule has 0 spiro atoms. The number of nitrogens with zero attached hydrogens (tertiary/aromatic N) is 2. The van der Waals surface area contributed by atoms with E-state index in [0.717, 1.165) is 10.5 Å². The Labute approximate surface area is 149 Å². The van der Waals surface area contributed by atoms with Crippen molar-refractivity contribution in [1.29, 1.82) is 0 Å². The van der Waals surface area contributed by atoms with E-state index in [9.17, 15) is 4.79 Å². The molecule has 1 aromatic heterocycles. The van der Waals surface area contributed by atoms with Crippen LogP contribution >= 0.6 is 11.8 Å². The molecule has 0 fully saturated rings. The van der Waals surface area contributed by atoms with E-state index in [1.165, 1.54) is 11.8 Å².